The summed E-state index contributed by atoms with van der Waals surface area (Å²) in [6, 6.07) is 7.61. The Hall–Kier alpha value is -1.45. The molecule has 1 heterocycles. The van der Waals surface area contributed by atoms with E-state index in [4.69, 9.17) is 11.6 Å². The number of aliphatic hydroxyl groups excluding tert-OH is 1. The maximum Gasteiger partial charge on any atom is 0.135 e. The van der Waals surface area contributed by atoms with E-state index in [9.17, 15) is 9.90 Å². The molecular weight excluding hydrogens is 250 g/mol. The molecule has 1 N–H and O–H groups in total. The number of nitrogens with zero attached hydrogens (tertiary/aromatic N) is 1. The molecule has 0 amide bonds. The van der Waals surface area contributed by atoms with Crippen LogP contribution in [0.3, 0.4) is 0 Å². The molecule has 94 valence electrons. The molecule has 0 spiro atoms. The number of fused-ring (bicyclic) bond motifs is 1. The number of carbonyl (C=O) groups excluding carboxylic acids is 1. The average Bonchev–Trinajstić information content (AvgIpc) is 2.27. The van der Waals surface area contributed by atoms with Gasteiger partial charge < -0.3 is 5.11 Å². The highest BCUT2D eigenvalue weighted by Gasteiger charge is 2.15. The van der Waals surface area contributed by atoms with E-state index in [-0.39, 0.29) is 17.4 Å². The van der Waals surface area contributed by atoms with Crippen molar-refractivity contribution in [3.63, 3.8) is 0 Å². The molecule has 0 bridgehead atoms. The lowest BCUT2D eigenvalue weighted by molar-refractivity contribution is -0.118. The maximum absolute atomic E-state index is 11.0. The van der Waals surface area contributed by atoms with E-state index in [0.29, 0.717) is 5.56 Å². The Balaban J connectivity index is 2.50. The van der Waals surface area contributed by atoms with Crippen molar-refractivity contribution in [1.82, 2.24) is 4.98 Å². The van der Waals surface area contributed by atoms with Gasteiger partial charge in [-0.15, -0.1) is 0 Å². The topological polar surface area (TPSA) is 50.2 Å². The highest BCUT2D eigenvalue weighted by molar-refractivity contribution is 6.30. The van der Waals surface area contributed by atoms with E-state index in [0.717, 1.165) is 16.5 Å². The second-order valence-corrected chi connectivity index (χ2v) is 4.84. The smallest absolute Gasteiger partial charge is 0.135 e. The van der Waals surface area contributed by atoms with Crippen molar-refractivity contribution in [2.24, 2.45) is 0 Å². The maximum atomic E-state index is 11.0. The van der Waals surface area contributed by atoms with Crippen LogP contribution in [0.2, 0.25) is 5.15 Å². The highest BCUT2D eigenvalue weighted by Crippen LogP contribution is 2.28. The minimum absolute atomic E-state index is 0.0543. The van der Waals surface area contributed by atoms with Gasteiger partial charge in [0.15, 0.2) is 0 Å². The third kappa shape index (κ3) is 2.68. The quantitative estimate of drug-likeness (QED) is 0.865. The zero-order chi connectivity index (χ0) is 13.3. The molecule has 18 heavy (non-hydrogen) atoms. The number of rotatable bonds is 3. The Bertz CT molecular complexity index is 610. The largest absolute Gasteiger partial charge is 0.388 e. The van der Waals surface area contributed by atoms with Crippen molar-refractivity contribution in [2.75, 3.05) is 0 Å². The number of benzene rings is 1. The van der Waals surface area contributed by atoms with Crippen LogP contribution in [0.1, 0.15) is 30.6 Å². The number of pyridine rings is 1. The molecule has 0 aliphatic rings. The molecule has 0 saturated heterocycles. The molecule has 0 radical (unpaired) electrons. The van der Waals surface area contributed by atoms with Crippen molar-refractivity contribution in [3.05, 3.63) is 40.5 Å². The molecule has 1 aromatic heterocycles. The molecule has 1 atom stereocenters. The van der Waals surface area contributed by atoms with E-state index < -0.39 is 6.10 Å². The minimum atomic E-state index is -0.896. The number of aromatic nitrogens is 1. The molecule has 0 saturated carbocycles. The number of carbonyl (C=O) groups is 1. The average molecular weight is 264 g/mol. The van der Waals surface area contributed by atoms with Crippen LogP contribution >= 0.6 is 11.6 Å². The SMILES string of the molecule is CC(=O)CC(O)c1cc2cc(C)ccc2nc1Cl. The first-order chi connectivity index (χ1) is 8.47. The Kier molecular flexibility index (Phi) is 3.64. The number of hydrogen-bond acceptors (Lipinski definition) is 3. The fourth-order valence-electron chi connectivity index (χ4n) is 1.90. The molecule has 1 aromatic carbocycles. The summed E-state index contributed by atoms with van der Waals surface area (Å²) in [6.07, 6.45) is -0.842. The van der Waals surface area contributed by atoms with Gasteiger partial charge in [-0.2, -0.15) is 0 Å². The van der Waals surface area contributed by atoms with Gasteiger partial charge in [0.25, 0.3) is 0 Å². The number of hydrogen-bond donors (Lipinski definition) is 1. The number of Topliss-reactive ketones (excluding diaryl/α,β-unsaturated/α-hetero) is 1. The van der Waals surface area contributed by atoms with Gasteiger partial charge in [-0.25, -0.2) is 4.98 Å². The van der Waals surface area contributed by atoms with Gasteiger partial charge in [0, 0.05) is 17.4 Å². The van der Waals surface area contributed by atoms with Gasteiger partial charge in [0.1, 0.15) is 10.9 Å². The normalized spacial score (nSPS) is 12.7. The van der Waals surface area contributed by atoms with Crippen molar-refractivity contribution < 1.29 is 9.90 Å². The summed E-state index contributed by atoms with van der Waals surface area (Å²) in [5.74, 6) is -0.0806. The predicted octanol–water partition coefficient (Wildman–Crippen LogP) is 3.21. The predicted molar refractivity (Wildman–Crippen MR) is 71.7 cm³/mol. The lowest BCUT2D eigenvalue weighted by Crippen LogP contribution is -2.05. The van der Waals surface area contributed by atoms with Crippen LogP contribution in [0.4, 0.5) is 0 Å². The van der Waals surface area contributed by atoms with E-state index in [1.807, 2.05) is 25.1 Å². The Morgan fingerprint density at radius 1 is 1.44 bits per heavy atom. The van der Waals surface area contributed by atoms with Crippen LogP contribution in [0, 0.1) is 6.92 Å². The number of aliphatic hydroxyl groups is 1. The first kappa shape index (κ1) is 13.0. The second kappa shape index (κ2) is 5.04. The third-order valence-corrected chi connectivity index (χ3v) is 3.09. The lowest BCUT2D eigenvalue weighted by atomic mass is 10.0. The summed E-state index contributed by atoms with van der Waals surface area (Å²) in [4.78, 5) is 15.3. The van der Waals surface area contributed by atoms with Crippen molar-refractivity contribution in [1.29, 1.82) is 0 Å². The van der Waals surface area contributed by atoms with Gasteiger partial charge >= 0.3 is 0 Å². The summed E-state index contributed by atoms with van der Waals surface area (Å²) in [7, 11) is 0. The monoisotopic (exact) mass is 263 g/mol. The molecule has 4 heteroatoms. The Morgan fingerprint density at radius 3 is 2.83 bits per heavy atom. The van der Waals surface area contributed by atoms with Crippen LogP contribution in [-0.4, -0.2) is 15.9 Å². The van der Waals surface area contributed by atoms with E-state index in [1.54, 1.807) is 6.07 Å². The van der Waals surface area contributed by atoms with E-state index in [2.05, 4.69) is 4.98 Å². The van der Waals surface area contributed by atoms with Gasteiger partial charge in [-0.05, 0) is 32.0 Å². The summed E-state index contributed by atoms with van der Waals surface area (Å²) in [5.41, 5.74) is 2.40. The summed E-state index contributed by atoms with van der Waals surface area (Å²) >= 11 is 6.04. The van der Waals surface area contributed by atoms with Crippen molar-refractivity contribution in [2.45, 2.75) is 26.4 Å². The minimum Gasteiger partial charge on any atom is -0.388 e. The summed E-state index contributed by atoms with van der Waals surface area (Å²) in [5, 5.41) is 11.1. The van der Waals surface area contributed by atoms with E-state index in [1.165, 1.54) is 6.92 Å². The van der Waals surface area contributed by atoms with E-state index >= 15 is 0 Å². The molecule has 2 rings (SSSR count). The van der Waals surface area contributed by atoms with Crippen LogP contribution in [0.5, 0.6) is 0 Å². The fraction of sp³-hybridized carbons (Fsp3) is 0.286. The number of ketones is 1. The zero-order valence-corrected chi connectivity index (χ0v) is 11.0. The molecule has 0 aliphatic heterocycles. The number of aryl methyl sites for hydroxylation is 1. The third-order valence-electron chi connectivity index (χ3n) is 2.79. The highest BCUT2D eigenvalue weighted by atomic mass is 35.5. The van der Waals surface area contributed by atoms with Crippen molar-refractivity contribution in [3.8, 4) is 0 Å². The Labute approximate surface area is 110 Å². The van der Waals surface area contributed by atoms with Crippen LogP contribution in [0.25, 0.3) is 10.9 Å². The lowest BCUT2D eigenvalue weighted by Gasteiger charge is -2.12. The first-order valence-electron chi connectivity index (χ1n) is 5.71. The molecule has 1 unspecified atom stereocenters. The fourth-order valence-corrected chi connectivity index (χ4v) is 2.18. The summed E-state index contributed by atoms with van der Waals surface area (Å²) in [6.45, 7) is 3.43. The van der Waals surface area contributed by atoms with Gasteiger partial charge in [0.2, 0.25) is 0 Å². The summed E-state index contributed by atoms with van der Waals surface area (Å²) < 4.78 is 0. The molecule has 0 aliphatic carbocycles. The van der Waals surface area contributed by atoms with Crippen LogP contribution in [0.15, 0.2) is 24.3 Å². The number of halogens is 1. The molecule has 3 nitrogen and oxygen atoms in total. The second-order valence-electron chi connectivity index (χ2n) is 4.49. The van der Waals surface area contributed by atoms with Crippen molar-refractivity contribution >= 4 is 28.3 Å². The Morgan fingerprint density at radius 2 is 2.17 bits per heavy atom. The van der Waals surface area contributed by atoms with Gasteiger partial charge in [-0.3, -0.25) is 4.79 Å². The van der Waals surface area contributed by atoms with Crippen LogP contribution < -0.4 is 0 Å². The standard InChI is InChI=1S/C14H14ClNO2/c1-8-3-4-12-10(5-8)7-11(14(15)16-12)13(18)6-9(2)17/h3-5,7,13,18H,6H2,1-2H3. The first-order valence-corrected chi connectivity index (χ1v) is 6.09. The van der Waals surface area contributed by atoms with Gasteiger partial charge in [-0.1, -0.05) is 23.2 Å². The van der Waals surface area contributed by atoms with Gasteiger partial charge in [0.05, 0.1) is 11.6 Å². The molecular formula is C14H14ClNO2. The van der Waals surface area contributed by atoms with Crippen LogP contribution in [-0.2, 0) is 4.79 Å². The molecule has 0 fully saturated rings. The zero-order valence-electron chi connectivity index (χ0n) is 10.3. The molecule has 2 aromatic rings.